The van der Waals surface area contributed by atoms with Crippen LogP contribution in [-0.4, -0.2) is 163 Å². The summed E-state index contributed by atoms with van der Waals surface area (Å²) >= 11 is 5.19. The summed E-state index contributed by atoms with van der Waals surface area (Å²) in [7, 11) is 11.4. The Bertz CT molecular complexity index is 1320. The Hall–Kier alpha value is -2.61. The molecule has 0 aliphatic carbocycles. The van der Waals surface area contributed by atoms with Crippen molar-refractivity contribution in [2.24, 2.45) is 17.8 Å². The lowest BCUT2D eigenvalue weighted by Gasteiger charge is -2.24. The van der Waals surface area contributed by atoms with E-state index in [-0.39, 0.29) is 78.0 Å². The molecule has 0 saturated carbocycles. The van der Waals surface area contributed by atoms with E-state index >= 15 is 0 Å². The zero-order chi connectivity index (χ0) is 47.2. The van der Waals surface area contributed by atoms with E-state index in [1.165, 1.54) is 12.2 Å². The highest BCUT2D eigenvalue weighted by molar-refractivity contribution is 14.1. The predicted octanol–water partition coefficient (Wildman–Crippen LogP) is 4.43. The van der Waals surface area contributed by atoms with Gasteiger partial charge in [-0.1, -0.05) is 80.1 Å². The maximum Gasteiger partial charge on any atom is 0.253 e. The summed E-state index contributed by atoms with van der Waals surface area (Å²) in [5, 5.41) is 9.09. The van der Waals surface area contributed by atoms with Crippen molar-refractivity contribution in [3.8, 4) is 0 Å². The van der Waals surface area contributed by atoms with Crippen LogP contribution < -0.4 is 16.0 Å². The molecule has 0 aromatic carbocycles. The maximum atomic E-state index is 12.2. The highest BCUT2D eigenvalue weighted by atomic mass is 127. The van der Waals surface area contributed by atoms with Gasteiger partial charge in [0.2, 0.25) is 17.7 Å². The van der Waals surface area contributed by atoms with E-state index in [1.807, 2.05) is 57.0 Å². The molecule has 0 radical (unpaired) electrons. The molecule has 0 spiro atoms. The Morgan fingerprint density at radius 3 is 1.15 bits per heavy atom. The van der Waals surface area contributed by atoms with Crippen molar-refractivity contribution < 1.29 is 38.4 Å². The van der Waals surface area contributed by atoms with E-state index in [2.05, 4.69) is 96.0 Å². The molecule has 15 nitrogen and oxygen atoms in total. The smallest absolute Gasteiger partial charge is 0.253 e. The van der Waals surface area contributed by atoms with Crippen LogP contribution in [0.25, 0.3) is 0 Å². The molecule has 1 aliphatic rings. The van der Waals surface area contributed by atoms with Gasteiger partial charge < -0.3 is 16.0 Å². The third-order valence-electron chi connectivity index (χ3n) is 9.47. The van der Waals surface area contributed by atoms with Crippen LogP contribution in [0.5, 0.6) is 0 Å². The van der Waals surface area contributed by atoms with E-state index in [1.54, 1.807) is 0 Å². The van der Waals surface area contributed by atoms with Gasteiger partial charge in [-0.3, -0.25) is 58.0 Å². The standard InChI is InChI=1S/C18H29N3O4.C13H25BrN2O2.C13H25IN2O2/c1-13(2)12-15(20(3)4)18(25)19-10-5-6-14(22)9-11-21-16(23)7-8-17(21)24;2*1-10(2)8-12(16(3)4)13(18)15-7-5-6-11(17)9-14/h7-8,13,15H,5-6,9-12H2,1-4H3,(H,19,25);2*10,12H,5-9H2,1-4H3,(H,15,18). The molecule has 1 aliphatic heterocycles. The molecule has 3 N–H and O–H groups in total. The molecule has 61 heavy (non-hydrogen) atoms. The highest BCUT2D eigenvalue weighted by Crippen LogP contribution is 2.12. The first-order valence-corrected chi connectivity index (χ1v) is 24.2. The SMILES string of the molecule is CC(C)CC(C(=O)NCCCC(=O)CBr)N(C)C.CC(C)CC(C(=O)NCCCC(=O)CCN1C(=O)C=CC1=O)N(C)C.CC(C)CC(C(=O)NCCCC(=O)CI)N(C)C. The lowest BCUT2D eigenvalue weighted by Crippen LogP contribution is -2.44. The van der Waals surface area contributed by atoms with Crippen molar-refractivity contribution >= 4 is 85.4 Å². The van der Waals surface area contributed by atoms with Gasteiger partial charge in [0.05, 0.1) is 27.9 Å². The molecule has 3 unspecified atom stereocenters. The predicted molar refractivity (Wildman–Crippen MR) is 256 cm³/mol. The van der Waals surface area contributed by atoms with Crippen LogP contribution >= 0.6 is 38.5 Å². The Balaban J connectivity index is 0. The molecule has 1 rings (SSSR count). The number of amides is 5. The summed E-state index contributed by atoms with van der Waals surface area (Å²) in [5.74, 6) is 1.16. The van der Waals surface area contributed by atoms with Crippen LogP contribution in [0.2, 0.25) is 0 Å². The fourth-order valence-corrected chi connectivity index (χ4v) is 6.65. The van der Waals surface area contributed by atoms with Gasteiger partial charge in [0, 0.05) is 64.0 Å². The molecule has 0 aromatic rings. The minimum atomic E-state index is -0.370. The molecular formula is C44H79BrIN7O8. The number of likely N-dealkylation sites (N-methyl/N-ethyl adjacent to an activating group) is 3. The second kappa shape index (κ2) is 34.8. The van der Waals surface area contributed by atoms with E-state index in [9.17, 15) is 38.4 Å². The minimum absolute atomic E-state index is 0.0203. The maximum absolute atomic E-state index is 12.2. The van der Waals surface area contributed by atoms with Crippen LogP contribution in [0.1, 0.15) is 106 Å². The number of nitrogens with one attached hydrogen (secondary N) is 3. The zero-order valence-electron chi connectivity index (χ0n) is 39.2. The number of hydrogen-bond acceptors (Lipinski definition) is 11. The number of nitrogens with zero attached hydrogens (tertiary/aromatic N) is 4. The topological polar surface area (TPSA) is 186 Å². The fraction of sp³-hybridized carbons (Fsp3) is 0.773. The summed E-state index contributed by atoms with van der Waals surface area (Å²) in [6.45, 7) is 14.3. The molecular weight excluding hydrogens is 961 g/mol. The first-order valence-electron chi connectivity index (χ1n) is 21.5. The Morgan fingerprint density at radius 2 is 0.869 bits per heavy atom. The summed E-state index contributed by atoms with van der Waals surface area (Å²) in [4.78, 5) is 99.9. The Kier molecular flexibility index (Phi) is 34.5. The molecule has 17 heteroatoms. The molecule has 3 atom stereocenters. The average Bonchev–Trinajstić information content (AvgIpc) is 3.51. The normalized spacial score (nSPS) is 13.9. The summed E-state index contributed by atoms with van der Waals surface area (Å²) < 4.78 is 0.555. The third kappa shape index (κ3) is 30.2. The lowest BCUT2D eigenvalue weighted by atomic mass is 10.0. The van der Waals surface area contributed by atoms with Crippen molar-refractivity contribution in [3.05, 3.63) is 12.2 Å². The number of halogens is 2. The molecule has 1 heterocycles. The molecule has 0 bridgehead atoms. The number of ketones is 3. The van der Waals surface area contributed by atoms with E-state index in [0.717, 1.165) is 30.6 Å². The Morgan fingerprint density at radius 1 is 0.557 bits per heavy atom. The quantitative estimate of drug-likeness (QED) is 0.0417. The lowest BCUT2D eigenvalue weighted by molar-refractivity contribution is -0.137. The first-order chi connectivity index (χ1) is 28.5. The molecule has 5 amide bonds. The van der Waals surface area contributed by atoms with Gasteiger partial charge in [0.25, 0.3) is 11.8 Å². The second-order valence-electron chi connectivity index (χ2n) is 17.3. The van der Waals surface area contributed by atoms with Crippen LogP contribution in [-0.2, 0) is 38.4 Å². The number of Topliss-reactive ketones (excluding diaryl/α,β-unsaturated/α-hetero) is 3. The van der Waals surface area contributed by atoms with E-state index < -0.39 is 0 Å². The van der Waals surface area contributed by atoms with Gasteiger partial charge in [-0.15, -0.1) is 0 Å². The molecule has 0 fully saturated rings. The van der Waals surface area contributed by atoms with Crippen molar-refractivity contribution in [2.45, 2.75) is 124 Å². The van der Waals surface area contributed by atoms with Gasteiger partial charge >= 0.3 is 0 Å². The summed E-state index contributed by atoms with van der Waals surface area (Å²) in [5.41, 5.74) is 0. The van der Waals surface area contributed by atoms with Crippen LogP contribution in [0, 0.1) is 17.8 Å². The van der Waals surface area contributed by atoms with Gasteiger partial charge in [-0.05, 0) is 98.6 Å². The average molecular weight is 1040 g/mol. The number of rotatable bonds is 29. The van der Waals surface area contributed by atoms with E-state index in [4.69, 9.17) is 0 Å². The van der Waals surface area contributed by atoms with Gasteiger partial charge in [-0.25, -0.2) is 0 Å². The fourth-order valence-electron chi connectivity index (χ4n) is 5.99. The minimum Gasteiger partial charge on any atom is -0.355 e. The van der Waals surface area contributed by atoms with Crippen molar-refractivity contribution in [1.29, 1.82) is 0 Å². The summed E-state index contributed by atoms with van der Waals surface area (Å²) in [6.07, 6.45) is 8.43. The van der Waals surface area contributed by atoms with Crippen LogP contribution in [0.4, 0.5) is 0 Å². The molecule has 0 aromatic heterocycles. The molecule has 352 valence electrons. The van der Waals surface area contributed by atoms with Crippen LogP contribution in [0.3, 0.4) is 0 Å². The Labute approximate surface area is 389 Å². The number of imide groups is 1. The van der Waals surface area contributed by atoms with Crippen molar-refractivity contribution in [3.63, 3.8) is 0 Å². The highest BCUT2D eigenvalue weighted by Gasteiger charge is 2.25. The van der Waals surface area contributed by atoms with Crippen molar-refractivity contribution in [1.82, 2.24) is 35.6 Å². The van der Waals surface area contributed by atoms with Gasteiger partial charge in [0.15, 0.2) is 0 Å². The number of carbonyl (C=O) groups is 8. The van der Waals surface area contributed by atoms with Crippen molar-refractivity contribution in [2.75, 3.05) is 78.2 Å². The number of alkyl halides is 2. The first kappa shape index (κ1) is 60.5. The third-order valence-corrected chi connectivity index (χ3v) is 10.9. The largest absolute Gasteiger partial charge is 0.355 e. The zero-order valence-corrected chi connectivity index (χ0v) is 43.0. The van der Waals surface area contributed by atoms with E-state index in [0.29, 0.717) is 79.2 Å². The van der Waals surface area contributed by atoms with Gasteiger partial charge in [0.1, 0.15) is 17.3 Å². The molecule has 0 saturated heterocycles. The summed E-state index contributed by atoms with van der Waals surface area (Å²) in [6, 6.07) is -0.336. The van der Waals surface area contributed by atoms with Gasteiger partial charge in [-0.2, -0.15) is 0 Å². The number of carbonyl (C=O) groups excluding carboxylic acids is 8. The monoisotopic (exact) mass is 1040 g/mol. The number of hydrogen-bond donors (Lipinski definition) is 3. The van der Waals surface area contributed by atoms with Crippen LogP contribution in [0.15, 0.2) is 12.2 Å². The second-order valence-corrected chi connectivity index (χ2v) is 18.6.